The van der Waals surface area contributed by atoms with E-state index in [0.717, 1.165) is 31.2 Å². The Morgan fingerprint density at radius 1 is 1.29 bits per heavy atom. The monoisotopic (exact) mass is 313 g/mol. The topological polar surface area (TPSA) is 30.9 Å². The normalized spacial score (nSPS) is 23.0. The Kier molecular flexibility index (Phi) is 6.61. The molecule has 1 aliphatic heterocycles. The minimum atomic E-state index is 0.124. The molecule has 21 heavy (non-hydrogen) atoms. The van der Waals surface area contributed by atoms with Gasteiger partial charge in [0.05, 0.1) is 19.3 Å². The minimum absolute atomic E-state index is 0.124. The van der Waals surface area contributed by atoms with Gasteiger partial charge in [0.25, 0.3) is 0 Å². The number of ether oxygens (including phenoxy) is 3. The molecule has 2 atom stereocenters. The second-order valence-corrected chi connectivity index (χ2v) is 5.49. The fourth-order valence-electron chi connectivity index (χ4n) is 2.40. The third kappa shape index (κ3) is 4.77. The summed E-state index contributed by atoms with van der Waals surface area (Å²) in [7, 11) is 0. The molecule has 118 valence electrons. The zero-order valence-electron chi connectivity index (χ0n) is 12.8. The van der Waals surface area contributed by atoms with Crippen molar-refractivity contribution in [2.45, 2.75) is 26.0 Å². The summed E-state index contributed by atoms with van der Waals surface area (Å²) in [5.74, 6) is 2.14. The van der Waals surface area contributed by atoms with Gasteiger partial charge in [0.2, 0.25) is 0 Å². The Hall–Kier alpha value is -0.970. The van der Waals surface area contributed by atoms with Crippen molar-refractivity contribution in [3.63, 3.8) is 0 Å². The molecule has 0 aromatic heterocycles. The number of rotatable bonds is 7. The van der Waals surface area contributed by atoms with E-state index in [9.17, 15) is 0 Å². The van der Waals surface area contributed by atoms with Gasteiger partial charge < -0.3 is 14.2 Å². The molecular formula is C16H24ClNO3. The van der Waals surface area contributed by atoms with Crippen LogP contribution in [0.15, 0.2) is 24.3 Å². The Balaban J connectivity index is 1.83. The number of benzene rings is 1. The molecule has 1 aromatic rings. The minimum Gasteiger partial charge on any atom is -0.490 e. The molecule has 0 N–H and O–H groups in total. The molecule has 0 bridgehead atoms. The van der Waals surface area contributed by atoms with Crippen LogP contribution in [0.5, 0.6) is 11.5 Å². The zero-order valence-corrected chi connectivity index (χ0v) is 13.5. The molecule has 0 saturated carbocycles. The standard InChI is InChI=1S/C16H24ClNO3/c1-3-19-15-6-4-5-7-16(15)20-9-8-18-11-14(10-17)21-12-13(18)2/h4-7,13-14H,3,8-12H2,1-2H3. The predicted molar refractivity (Wildman–Crippen MR) is 84.6 cm³/mol. The van der Waals surface area contributed by atoms with E-state index in [1.54, 1.807) is 0 Å². The molecule has 4 nitrogen and oxygen atoms in total. The first-order valence-corrected chi connectivity index (χ1v) is 8.04. The first kappa shape index (κ1) is 16.4. The largest absolute Gasteiger partial charge is 0.490 e. The lowest BCUT2D eigenvalue weighted by Gasteiger charge is -2.37. The van der Waals surface area contributed by atoms with Crippen LogP contribution < -0.4 is 9.47 Å². The Morgan fingerprint density at radius 2 is 2.00 bits per heavy atom. The summed E-state index contributed by atoms with van der Waals surface area (Å²) in [6, 6.07) is 8.18. The lowest BCUT2D eigenvalue weighted by atomic mass is 10.2. The molecule has 5 heteroatoms. The second-order valence-electron chi connectivity index (χ2n) is 5.18. The van der Waals surface area contributed by atoms with Gasteiger partial charge in [-0.1, -0.05) is 12.1 Å². The Bertz CT molecular complexity index is 430. The average Bonchev–Trinajstić information content (AvgIpc) is 2.51. The molecule has 1 saturated heterocycles. The Morgan fingerprint density at radius 3 is 2.67 bits per heavy atom. The summed E-state index contributed by atoms with van der Waals surface area (Å²) in [6.07, 6.45) is 0.124. The molecule has 1 fully saturated rings. The van der Waals surface area contributed by atoms with Gasteiger partial charge in [-0.25, -0.2) is 0 Å². The van der Waals surface area contributed by atoms with Crippen molar-refractivity contribution in [2.24, 2.45) is 0 Å². The molecule has 0 aliphatic carbocycles. The van der Waals surface area contributed by atoms with Crippen molar-refractivity contribution in [3.05, 3.63) is 24.3 Å². The highest BCUT2D eigenvalue weighted by Gasteiger charge is 2.25. The van der Waals surface area contributed by atoms with Crippen LogP contribution in [0.2, 0.25) is 0 Å². The Labute approximate surface area is 131 Å². The second kappa shape index (κ2) is 8.47. The number of morpholine rings is 1. The highest BCUT2D eigenvalue weighted by atomic mass is 35.5. The molecule has 0 amide bonds. The highest BCUT2D eigenvalue weighted by Crippen LogP contribution is 2.26. The SMILES string of the molecule is CCOc1ccccc1OCCN1CC(CCl)OCC1C. The van der Waals surface area contributed by atoms with Gasteiger partial charge in [0.15, 0.2) is 11.5 Å². The molecule has 1 aliphatic rings. The van der Waals surface area contributed by atoms with Crippen LogP contribution in [0, 0.1) is 0 Å². The van der Waals surface area contributed by atoms with E-state index in [-0.39, 0.29) is 6.10 Å². The van der Waals surface area contributed by atoms with Gasteiger partial charge in [0.1, 0.15) is 6.61 Å². The molecule has 2 unspecified atom stereocenters. The summed E-state index contributed by atoms with van der Waals surface area (Å²) in [5, 5.41) is 0. The van der Waals surface area contributed by atoms with Crippen molar-refractivity contribution in [1.29, 1.82) is 0 Å². The van der Waals surface area contributed by atoms with Gasteiger partial charge >= 0.3 is 0 Å². The van der Waals surface area contributed by atoms with Crippen LogP contribution in [0.4, 0.5) is 0 Å². The van der Waals surface area contributed by atoms with Crippen LogP contribution in [0.25, 0.3) is 0 Å². The van der Waals surface area contributed by atoms with Crippen molar-refractivity contribution in [3.8, 4) is 11.5 Å². The average molecular weight is 314 g/mol. The van der Waals surface area contributed by atoms with Crippen LogP contribution in [0.3, 0.4) is 0 Å². The zero-order chi connectivity index (χ0) is 15.1. The summed E-state index contributed by atoms with van der Waals surface area (Å²) >= 11 is 5.88. The molecule has 1 aromatic carbocycles. The van der Waals surface area contributed by atoms with Crippen molar-refractivity contribution >= 4 is 11.6 Å². The summed E-state index contributed by atoms with van der Waals surface area (Å²) in [5.41, 5.74) is 0. The third-order valence-corrected chi connectivity index (χ3v) is 3.94. The van der Waals surface area contributed by atoms with Crippen LogP contribution in [0.1, 0.15) is 13.8 Å². The van der Waals surface area contributed by atoms with Gasteiger partial charge in [0, 0.05) is 25.0 Å². The number of halogens is 1. The maximum Gasteiger partial charge on any atom is 0.161 e. The molecule has 1 heterocycles. The number of alkyl halides is 1. The van der Waals surface area contributed by atoms with E-state index in [0.29, 0.717) is 25.1 Å². The van der Waals surface area contributed by atoms with Gasteiger partial charge in [-0.2, -0.15) is 0 Å². The fraction of sp³-hybridized carbons (Fsp3) is 0.625. The number of para-hydroxylation sites is 2. The first-order valence-electron chi connectivity index (χ1n) is 7.50. The lowest BCUT2D eigenvalue weighted by Crippen LogP contribution is -2.50. The van der Waals surface area contributed by atoms with E-state index in [4.69, 9.17) is 25.8 Å². The van der Waals surface area contributed by atoms with E-state index < -0.39 is 0 Å². The fourth-order valence-corrected chi connectivity index (χ4v) is 2.58. The van der Waals surface area contributed by atoms with E-state index in [1.807, 2.05) is 31.2 Å². The van der Waals surface area contributed by atoms with Gasteiger partial charge in [-0.15, -0.1) is 11.6 Å². The maximum atomic E-state index is 5.88. The number of hydrogen-bond acceptors (Lipinski definition) is 4. The van der Waals surface area contributed by atoms with Crippen molar-refractivity contribution in [2.75, 3.05) is 38.8 Å². The molecular weight excluding hydrogens is 290 g/mol. The van der Waals surface area contributed by atoms with Crippen LogP contribution in [-0.4, -0.2) is 55.8 Å². The quantitative estimate of drug-likeness (QED) is 0.724. The van der Waals surface area contributed by atoms with Crippen molar-refractivity contribution in [1.82, 2.24) is 4.90 Å². The highest BCUT2D eigenvalue weighted by molar-refractivity contribution is 6.18. The predicted octanol–water partition coefficient (Wildman–Crippen LogP) is 2.79. The van der Waals surface area contributed by atoms with Crippen LogP contribution in [-0.2, 0) is 4.74 Å². The number of nitrogens with zero attached hydrogens (tertiary/aromatic N) is 1. The van der Waals surface area contributed by atoms with E-state index >= 15 is 0 Å². The summed E-state index contributed by atoms with van der Waals surface area (Å²) in [6.45, 7) is 7.85. The lowest BCUT2D eigenvalue weighted by molar-refractivity contribution is -0.0507. The van der Waals surface area contributed by atoms with E-state index in [1.165, 1.54) is 0 Å². The van der Waals surface area contributed by atoms with Crippen molar-refractivity contribution < 1.29 is 14.2 Å². The molecule has 0 radical (unpaired) electrons. The summed E-state index contributed by atoms with van der Waals surface area (Å²) < 4.78 is 17.1. The van der Waals surface area contributed by atoms with E-state index in [2.05, 4.69) is 11.8 Å². The molecule has 2 rings (SSSR count). The first-order chi connectivity index (χ1) is 10.2. The third-order valence-electron chi connectivity index (χ3n) is 3.59. The van der Waals surface area contributed by atoms with Crippen LogP contribution >= 0.6 is 11.6 Å². The number of hydrogen-bond donors (Lipinski definition) is 0. The molecule has 0 spiro atoms. The maximum absolute atomic E-state index is 5.88. The smallest absolute Gasteiger partial charge is 0.161 e. The van der Waals surface area contributed by atoms with Gasteiger partial charge in [-0.3, -0.25) is 4.90 Å². The summed E-state index contributed by atoms with van der Waals surface area (Å²) in [4.78, 5) is 2.36. The van der Waals surface area contributed by atoms with Gasteiger partial charge in [-0.05, 0) is 26.0 Å².